The number of hydrogen-bond donors (Lipinski definition) is 1. The molecule has 0 heterocycles. The van der Waals surface area contributed by atoms with Gasteiger partial charge in [0.2, 0.25) is 0 Å². The highest BCUT2D eigenvalue weighted by Crippen LogP contribution is 2.43. The summed E-state index contributed by atoms with van der Waals surface area (Å²) in [6.45, 7) is 5.52. The van der Waals surface area contributed by atoms with Gasteiger partial charge >= 0.3 is 19.8 Å². The predicted octanol–water partition coefficient (Wildman–Crippen LogP) is 15.6. The van der Waals surface area contributed by atoms with Crippen LogP contribution in [0.2, 0.25) is 0 Å². The highest BCUT2D eigenvalue weighted by molar-refractivity contribution is 7.47. The predicted molar refractivity (Wildman–Crippen MR) is 240 cm³/mol. The Bertz CT molecular complexity index is 941. The second kappa shape index (κ2) is 44.3. The maximum Gasteiger partial charge on any atom is 0.472 e. The summed E-state index contributed by atoms with van der Waals surface area (Å²) in [5.41, 5.74) is 0. The normalized spacial score (nSPS) is 13.3. The molecule has 0 radical (unpaired) electrons. The van der Waals surface area contributed by atoms with Gasteiger partial charge in [0.1, 0.15) is 6.61 Å². The molecule has 0 aromatic heterocycles. The summed E-state index contributed by atoms with van der Waals surface area (Å²) < 4.78 is 32.7. The summed E-state index contributed by atoms with van der Waals surface area (Å²) in [4.78, 5) is 34.8. The van der Waals surface area contributed by atoms with Gasteiger partial charge in [-0.3, -0.25) is 18.6 Å². The van der Waals surface area contributed by atoms with E-state index in [2.05, 4.69) is 26.0 Å². The SMILES string of the molecule is CCCCCCCCCC/C=C\CCCCCCCCCCCCCC(=O)OC(COC(=O)CCCCCCCCCCCCCCCC)COP(=O)(O)OCC. The molecule has 0 aromatic rings. The first-order chi connectivity index (χ1) is 27.8. The summed E-state index contributed by atoms with van der Waals surface area (Å²) in [6, 6.07) is 0. The Morgan fingerprint density at radius 1 is 0.456 bits per heavy atom. The number of allylic oxidation sites excluding steroid dienone is 2. The van der Waals surface area contributed by atoms with E-state index in [9.17, 15) is 19.0 Å². The summed E-state index contributed by atoms with van der Waals surface area (Å²) in [5.74, 6) is -0.783. The molecule has 0 spiro atoms. The number of carbonyl (C=O) groups excluding carboxylic acids is 2. The van der Waals surface area contributed by atoms with E-state index in [1.54, 1.807) is 6.92 Å². The number of unbranched alkanes of at least 4 members (excludes halogenated alkanes) is 32. The van der Waals surface area contributed by atoms with Crippen LogP contribution in [0.1, 0.15) is 258 Å². The third-order valence-electron chi connectivity index (χ3n) is 10.8. The van der Waals surface area contributed by atoms with E-state index >= 15 is 0 Å². The monoisotopic (exact) mass is 829 g/mol. The first kappa shape index (κ1) is 55.8. The Morgan fingerprint density at radius 2 is 0.789 bits per heavy atom. The first-order valence-electron chi connectivity index (χ1n) is 24.5. The zero-order valence-electron chi connectivity index (χ0n) is 37.8. The minimum atomic E-state index is -4.28. The van der Waals surface area contributed by atoms with E-state index in [0.29, 0.717) is 6.42 Å². The van der Waals surface area contributed by atoms with Crippen molar-refractivity contribution in [1.82, 2.24) is 0 Å². The molecule has 2 atom stereocenters. The standard InChI is InChI=1S/C48H93O8P/c1-4-7-9-11-13-15-17-19-21-22-23-24-25-26-27-28-29-31-33-35-37-39-41-43-48(50)56-46(45-55-57(51,52)54-6-3)44-53-47(49)42-40-38-36-34-32-30-20-18-16-14-12-10-8-5-2/h22-23,46H,4-21,24-45H2,1-3H3,(H,51,52)/b23-22-. The molecule has 0 saturated carbocycles. The minimum absolute atomic E-state index is 0.00392. The molecular formula is C48H93O8P. The Balaban J connectivity index is 3.94. The van der Waals surface area contributed by atoms with Gasteiger partial charge < -0.3 is 14.4 Å². The van der Waals surface area contributed by atoms with Crippen LogP contribution < -0.4 is 0 Å². The highest BCUT2D eigenvalue weighted by Gasteiger charge is 2.25. The first-order valence-corrected chi connectivity index (χ1v) is 26.0. The van der Waals surface area contributed by atoms with Gasteiger partial charge in [-0.15, -0.1) is 0 Å². The van der Waals surface area contributed by atoms with E-state index in [1.807, 2.05) is 0 Å². The van der Waals surface area contributed by atoms with Crippen molar-refractivity contribution in [1.29, 1.82) is 0 Å². The molecule has 1 N–H and O–H groups in total. The van der Waals surface area contributed by atoms with Crippen LogP contribution in [-0.4, -0.2) is 42.8 Å². The smallest absolute Gasteiger partial charge is 0.462 e. The van der Waals surface area contributed by atoms with Crippen LogP contribution >= 0.6 is 7.82 Å². The molecule has 0 rings (SSSR count). The van der Waals surface area contributed by atoms with Crippen LogP contribution in [0.3, 0.4) is 0 Å². The molecule has 0 fully saturated rings. The lowest BCUT2D eigenvalue weighted by atomic mass is 10.0. The Morgan fingerprint density at radius 3 is 1.16 bits per heavy atom. The molecule has 0 aliphatic heterocycles. The lowest BCUT2D eigenvalue weighted by Gasteiger charge is -2.19. The molecule has 338 valence electrons. The summed E-state index contributed by atoms with van der Waals surface area (Å²) in [7, 11) is -4.28. The summed E-state index contributed by atoms with van der Waals surface area (Å²) in [6.07, 6.45) is 48.4. The molecule has 0 aliphatic rings. The largest absolute Gasteiger partial charge is 0.472 e. The van der Waals surface area contributed by atoms with Crippen LogP contribution in [-0.2, 0) is 32.7 Å². The fourth-order valence-corrected chi connectivity index (χ4v) is 7.97. The number of rotatable bonds is 46. The van der Waals surface area contributed by atoms with Crippen molar-refractivity contribution in [2.24, 2.45) is 0 Å². The molecule has 0 saturated heterocycles. The van der Waals surface area contributed by atoms with Crippen molar-refractivity contribution in [2.75, 3.05) is 19.8 Å². The van der Waals surface area contributed by atoms with Crippen LogP contribution in [0, 0.1) is 0 Å². The van der Waals surface area contributed by atoms with Crippen LogP contribution in [0.15, 0.2) is 12.2 Å². The van der Waals surface area contributed by atoms with Crippen molar-refractivity contribution in [3.05, 3.63) is 12.2 Å². The van der Waals surface area contributed by atoms with E-state index in [0.717, 1.165) is 38.5 Å². The number of phosphoric acid groups is 1. The van der Waals surface area contributed by atoms with Crippen molar-refractivity contribution in [2.45, 2.75) is 264 Å². The second-order valence-electron chi connectivity index (χ2n) is 16.5. The molecule has 0 aliphatic carbocycles. The lowest BCUT2D eigenvalue weighted by molar-refractivity contribution is -0.161. The van der Waals surface area contributed by atoms with Gasteiger partial charge in [-0.2, -0.15) is 0 Å². The van der Waals surface area contributed by atoms with Gasteiger partial charge in [-0.05, 0) is 45.4 Å². The average molecular weight is 829 g/mol. The number of phosphoric ester groups is 1. The van der Waals surface area contributed by atoms with Crippen LogP contribution in [0.5, 0.6) is 0 Å². The van der Waals surface area contributed by atoms with Crippen molar-refractivity contribution >= 4 is 19.8 Å². The summed E-state index contributed by atoms with van der Waals surface area (Å²) in [5, 5.41) is 0. The summed E-state index contributed by atoms with van der Waals surface area (Å²) >= 11 is 0. The number of ether oxygens (including phenoxy) is 2. The van der Waals surface area contributed by atoms with E-state index in [-0.39, 0.29) is 32.2 Å². The molecule has 57 heavy (non-hydrogen) atoms. The highest BCUT2D eigenvalue weighted by atomic mass is 31.2. The van der Waals surface area contributed by atoms with Gasteiger partial charge in [-0.1, -0.05) is 212 Å². The van der Waals surface area contributed by atoms with E-state index in [4.69, 9.17) is 18.5 Å². The van der Waals surface area contributed by atoms with Gasteiger partial charge in [0.15, 0.2) is 6.10 Å². The third-order valence-corrected chi connectivity index (χ3v) is 11.9. The van der Waals surface area contributed by atoms with Crippen LogP contribution in [0.25, 0.3) is 0 Å². The van der Waals surface area contributed by atoms with Crippen molar-refractivity contribution < 1.29 is 37.6 Å². The maximum atomic E-state index is 12.6. The molecule has 0 bridgehead atoms. The molecule has 0 amide bonds. The lowest BCUT2D eigenvalue weighted by Crippen LogP contribution is -2.29. The second-order valence-corrected chi connectivity index (χ2v) is 17.9. The fourth-order valence-electron chi connectivity index (χ4n) is 7.21. The number of esters is 2. The Hall–Kier alpha value is -1.21. The van der Waals surface area contributed by atoms with Gasteiger partial charge in [-0.25, -0.2) is 4.57 Å². The van der Waals surface area contributed by atoms with E-state index < -0.39 is 19.9 Å². The Kier molecular flexibility index (Phi) is 43.4. The quantitative estimate of drug-likeness (QED) is 0.0280. The maximum absolute atomic E-state index is 12.6. The zero-order chi connectivity index (χ0) is 41.8. The number of carbonyl (C=O) groups is 2. The van der Waals surface area contributed by atoms with Gasteiger partial charge in [0, 0.05) is 12.8 Å². The van der Waals surface area contributed by atoms with Crippen molar-refractivity contribution in [3.63, 3.8) is 0 Å². The molecular weight excluding hydrogens is 735 g/mol. The topological polar surface area (TPSA) is 108 Å². The molecule has 9 heteroatoms. The van der Waals surface area contributed by atoms with Crippen LogP contribution in [0.4, 0.5) is 0 Å². The third kappa shape index (κ3) is 44.2. The van der Waals surface area contributed by atoms with Gasteiger partial charge in [0.25, 0.3) is 0 Å². The number of hydrogen-bond acceptors (Lipinski definition) is 7. The van der Waals surface area contributed by atoms with Crippen molar-refractivity contribution in [3.8, 4) is 0 Å². The zero-order valence-corrected chi connectivity index (χ0v) is 38.7. The minimum Gasteiger partial charge on any atom is -0.462 e. The van der Waals surface area contributed by atoms with E-state index in [1.165, 1.54) is 186 Å². The average Bonchev–Trinajstić information content (AvgIpc) is 3.19. The Labute approximate surface area is 352 Å². The fraction of sp³-hybridized carbons (Fsp3) is 0.917. The molecule has 8 nitrogen and oxygen atoms in total. The molecule has 0 aromatic carbocycles. The molecule has 2 unspecified atom stereocenters. The van der Waals surface area contributed by atoms with Gasteiger partial charge in [0.05, 0.1) is 13.2 Å².